The molecule has 0 amide bonds. The van der Waals surface area contributed by atoms with Crippen LogP contribution in [0.25, 0.3) is 0 Å². The molecule has 3 rings (SSSR count). The average molecular weight is 387 g/mol. The monoisotopic (exact) mass is 386 g/mol. The molecule has 0 saturated carbocycles. The fraction of sp³-hybridized carbons (Fsp3) is 0.500. The molecule has 4 nitrogen and oxygen atoms in total. The lowest BCUT2D eigenvalue weighted by Gasteiger charge is -2.28. The molecule has 0 aliphatic carbocycles. The minimum absolute atomic E-state index is 0.705. The van der Waals surface area contributed by atoms with Crippen molar-refractivity contribution in [1.82, 2.24) is 4.90 Å². The number of hydrogen-bond acceptors (Lipinski definition) is 2. The van der Waals surface area contributed by atoms with Crippen LogP contribution in [-0.4, -0.2) is 36.2 Å². The highest BCUT2D eigenvalue weighted by Crippen LogP contribution is 2.20. The lowest BCUT2D eigenvalue weighted by atomic mass is 10.1. The van der Waals surface area contributed by atoms with Crippen molar-refractivity contribution in [3.8, 4) is 0 Å². The molecule has 1 fully saturated rings. The van der Waals surface area contributed by atoms with Gasteiger partial charge >= 0.3 is 0 Å². The Balaban J connectivity index is 1.67. The molecule has 0 radical (unpaired) electrons. The highest BCUT2D eigenvalue weighted by atomic mass is 32.1. The highest BCUT2D eigenvalue weighted by Gasteiger charge is 2.18. The standard InChI is InChI=1S/C22H31N3OS/c1-18-9-7-10-19(2)21(18)23-22(27)25(17-20-11-8-16-26-20)15-14-24-12-5-3-4-6-13-24/h7-11,16H,3-6,12-15,17H2,1-2H3,(H,23,27)/p+1. The lowest BCUT2D eigenvalue weighted by Crippen LogP contribution is -3.12. The van der Waals surface area contributed by atoms with Crippen molar-refractivity contribution in [2.75, 3.05) is 31.5 Å². The summed E-state index contributed by atoms with van der Waals surface area (Å²) in [7, 11) is 0. The van der Waals surface area contributed by atoms with E-state index in [2.05, 4.69) is 42.3 Å². The number of likely N-dealkylation sites (tertiary alicyclic amines) is 1. The maximum Gasteiger partial charge on any atom is 0.174 e. The van der Waals surface area contributed by atoms with Gasteiger partial charge in [-0.3, -0.25) is 0 Å². The maximum absolute atomic E-state index is 5.81. The Bertz CT molecular complexity index is 701. The number of anilines is 1. The predicted molar refractivity (Wildman–Crippen MR) is 115 cm³/mol. The van der Waals surface area contributed by atoms with Gasteiger partial charge < -0.3 is 19.5 Å². The van der Waals surface area contributed by atoms with Crippen LogP contribution >= 0.6 is 12.2 Å². The Labute approximate surface area is 168 Å². The Kier molecular flexibility index (Phi) is 7.30. The SMILES string of the molecule is Cc1cccc(C)c1NC(=S)N(CC[NH+]1CCCCCC1)Cc1ccco1. The van der Waals surface area contributed by atoms with Crippen LogP contribution in [0, 0.1) is 13.8 Å². The summed E-state index contributed by atoms with van der Waals surface area (Å²) in [5, 5.41) is 4.27. The third kappa shape index (κ3) is 5.81. The number of rotatable bonds is 6. The third-order valence-electron chi connectivity index (χ3n) is 5.47. The zero-order chi connectivity index (χ0) is 19.1. The van der Waals surface area contributed by atoms with Crippen LogP contribution < -0.4 is 10.2 Å². The van der Waals surface area contributed by atoms with E-state index in [4.69, 9.17) is 16.6 Å². The fourth-order valence-electron chi connectivity index (χ4n) is 3.81. The van der Waals surface area contributed by atoms with Crippen molar-refractivity contribution < 1.29 is 9.32 Å². The van der Waals surface area contributed by atoms with Crippen molar-refractivity contribution in [2.24, 2.45) is 0 Å². The van der Waals surface area contributed by atoms with Crippen LogP contribution in [0.2, 0.25) is 0 Å². The van der Waals surface area contributed by atoms with Crippen molar-refractivity contribution in [3.05, 3.63) is 53.5 Å². The number of benzene rings is 1. The smallest absolute Gasteiger partial charge is 0.174 e. The summed E-state index contributed by atoms with van der Waals surface area (Å²) in [6.45, 7) is 9.57. The maximum atomic E-state index is 5.81. The van der Waals surface area contributed by atoms with Crippen molar-refractivity contribution >= 4 is 23.0 Å². The normalized spacial score (nSPS) is 15.3. The molecule has 1 aliphatic heterocycles. The number of hydrogen-bond donors (Lipinski definition) is 2. The summed E-state index contributed by atoms with van der Waals surface area (Å²) in [6, 6.07) is 10.3. The van der Waals surface area contributed by atoms with Crippen LogP contribution in [-0.2, 0) is 6.54 Å². The minimum Gasteiger partial charge on any atom is -0.467 e. The molecule has 27 heavy (non-hydrogen) atoms. The predicted octanol–water partition coefficient (Wildman–Crippen LogP) is 3.55. The van der Waals surface area contributed by atoms with Gasteiger partial charge in [0.05, 0.1) is 39.0 Å². The molecule has 2 heterocycles. The van der Waals surface area contributed by atoms with Gasteiger partial charge in [0.25, 0.3) is 0 Å². The third-order valence-corrected chi connectivity index (χ3v) is 5.83. The summed E-state index contributed by atoms with van der Waals surface area (Å²) >= 11 is 5.81. The molecule has 5 heteroatoms. The molecule has 0 atom stereocenters. The number of aryl methyl sites for hydroxylation is 2. The van der Waals surface area contributed by atoms with Crippen LogP contribution in [0.3, 0.4) is 0 Å². The van der Waals surface area contributed by atoms with Crippen LogP contribution in [0.1, 0.15) is 42.6 Å². The number of nitrogens with one attached hydrogen (secondary N) is 2. The van der Waals surface area contributed by atoms with Gasteiger partial charge in [0.2, 0.25) is 0 Å². The lowest BCUT2D eigenvalue weighted by molar-refractivity contribution is -0.898. The van der Waals surface area contributed by atoms with E-state index < -0.39 is 0 Å². The van der Waals surface area contributed by atoms with Crippen molar-refractivity contribution in [3.63, 3.8) is 0 Å². The molecule has 1 saturated heterocycles. The zero-order valence-electron chi connectivity index (χ0n) is 16.6. The first-order valence-corrected chi connectivity index (χ1v) is 10.5. The van der Waals surface area contributed by atoms with E-state index in [1.165, 1.54) is 49.9 Å². The number of nitrogens with zero attached hydrogens (tertiary/aromatic N) is 1. The molecule has 0 unspecified atom stereocenters. The Morgan fingerprint density at radius 3 is 2.41 bits per heavy atom. The molecule has 1 aliphatic rings. The van der Waals surface area contributed by atoms with Gasteiger partial charge in [-0.15, -0.1) is 0 Å². The quantitative estimate of drug-likeness (QED) is 0.744. The summed E-state index contributed by atoms with van der Waals surface area (Å²) in [4.78, 5) is 3.95. The van der Waals surface area contributed by atoms with Gasteiger partial charge in [0, 0.05) is 5.69 Å². The number of quaternary nitrogens is 1. The van der Waals surface area contributed by atoms with Crippen LogP contribution in [0.4, 0.5) is 5.69 Å². The second-order valence-corrected chi connectivity index (χ2v) is 8.00. The molecule has 0 spiro atoms. The first-order chi connectivity index (χ1) is 13.1. The average Bonchev–Trinajstić information content (AvgIpc) is 3.03. The molecule has 0 bridgehead atoms. The van der Waals surface area contributed by atoms with Gasteiger partial charge in [0.15, 0.2) is 5.11 Å². The highest BCUT2D eigenvalue weighted by molar-refractivity contribution is 7.80. The largest absolute Gasteiger partial charge is 0.467 e. The van der Waals surface area contributed by atoms with Crippen molar-refractivity contribution in [2.45, 2.75) is 46.1 Å². The van der Waals surface area contributed by atoms with Gasteiger partial charge in [-0.25, -0.2) is 0 Å². The van der Waals surface area contributed by atoms with E-state index in [9.17, 15) is 0 Å². The second-order valence-electron chi connectivity index (χ2n) is 7.61. The first-order valence-electron chi connectivity index (χ1n) is 10.1. The molecular formula is C22H32N3OS+. The first kappa shape index (κ1) is 19.9. The van der Waals surface area contributed by atoms with Crippen LogP contribution in [0.15, 0.2) is 41.0 Å². The number of para-hydroxylation sites is 1. The van der Waals surface area contributed by atoms with Gasteiger partial charge in [0.1, 0.15) is 5.76 Å². The van der Waals surface area contributed by atoms with Gasteiger partial charge in [-0.2, -0.15) is 0 Å². The Morgan fingerprint density at radius 2 is 1.78 bits per heavy atom. The Hall–Kier alpha value is -1.85. The molecule has 1 aromatic heterocycles. The van der Waals surface area contributed by atoms with E-state index >= 15 is 0 Å². The molecular weight excluding hydrogens is 354 g/mol. The van der Waals surface area contributed by atoms with Crippen LogP contribution in [0.5, 0.6) is 0 Å². The molecule has 1 aromatic carbocycles. The molecule has 2 aromatic rings. The summed E-state index contributed by atoms with van der Waals surface area (Å²) in [6.07, 6.45) is 7.19. The van der Waals surface area contributed by atoms with E-state index in [0.29, 0.717) is 6.54 Å². The van der Waals surface area contributed by atoms with E-state index in [-0.39, 0.29) is 0 Å². The molecule has 146 valence electrons. The Morgan fingerprint density at radius 1 is 1.07 bits per heavy atom. The summed E-state index contributed by atoms with van der Waals surface area (Å²) in [5.41, 5.74) is 3.55. The van der Waals surface area contributed by atoms with Gasteiger partial charge in [-0.05, 0) is 75.0 Å². The fourth-order valence-corrected chi connectivity index (χ4v) is 4.07. The van der Waals surface area contributed by atoms with Crippen molar-refractivity contribution in [1.29, 1.82) is 0 Å². The van der Waals surface area contributed by atoms with E-state index in [0.717, 1.165) is 29.6 Å². The molecule has 2 N–H and O–H groups in total. The zero-order valence-corrected chi connectivity index (χ0v) is 17.4. The van der Waals surface area contributed by atoms with E-state index in [1.807, 2.05) is 12.1 Å². The second kappa shape index (κ2) is 9.90. The summed E-state index contributed by atoms with van der Waals surface area (Å²) in [5.74, 6) is 0.950. The summed E-state index contributed by atoms with van der Waals surface area (Å²) < 4.78 is 5.59. The van der Waals surface area contributed by atoms with E-state index in [1.54, 1.807) is 11.2 Å². The number of thiocarbonyl (C=S) groups is 1. The number of furan rings is 1. The van der Waals surface area contributed by atoms with Gasteiger partial charge in [-0.1, -0.05) is 18.2 Å². The topological polar surface area (TPSA) is 32.9 Å². The minimum atomic E-state index is 0.705.